The summed E-state index contributed by atoms with van der Waals surface area (Å²) in [5.41, 5.74) is -0.700. The maximum atomic E-state index is 12.2. The normalized spacial score (nSPS) is 29.4. The van der Waals surface area contributed by atoms with Gasteiger partial charge in [-0.1, -0.05) is 0 Å². The van der Waals surface area contributed by atoms with Crippen LogP contribution in [0.5, 0.6) is 0 Å². The zero-order chi connectivity index (χ0) is 14.8. The Balaban J connectivity index is 1.79. The van der Waals surface area contributed by atoms with Crippen LogP contribution in [0.4, 0.5) is 0 Å². The van der Waals surface area contributed by atoms with Gasteiger partial charge in [0, 0.05) is 19.6 Å². The van der Waals surface area contributed by atoms with Gasteiger partial charge in [-0.25, -0.2) is 0 Å². The first-order valence-corrected chi connectivity index (χ1v) is 7.33. The van der Waals surface area contributed by atoms with Gasteiger partial charge in [-0.2, -0.15) is 0 Å². The van der Waals surface area contributed by atoms with Gasteiger partial charge < -0.3 is 15.1 Å². The van der Waals surface area contributed by atoms with Gasteiger partial charge >= 0.3 is 5.97 Å². The molecule has 0 aromatic carbocycles. The number of piperidine rings is 2. The van der Waals surface area contributed by atoms with Gasteiger partial charge in [0.25, 0.3) is 0 Å². The summed E-state index contributed by atoms with van der Waals surface area (Å²) in [6.45, 7) is 4.56. The minimum absolute atomic E-state index is 0.0477. The van der Waals surface area contributed by atoms with E-state index in [4.69, 9.17) is 5.11 Å². The van der Waals surface area contributed by atoms with Gasteiger partial charge in [0.15, 0.2) is 0 Å². The van der Waals surface area contributed by atoms with Crippen molar-refractivity contribution in [1.29, 1.82) is 0 Å². The van der Waals surface area contributed by atoms with Crippen LogP contribution in [-0.4, -0.2) is 70.2 Å². The van der Waals surface area contributed by atoms with Crippen LogP contribution < -0.4 is 0 Å². The Labute approximate surface area is 119 Å². The van der Waals surface area contributed by atoms with E-state index in [1.54, 1.807) is 4.90 Å². The first-order chi connectivity index (χ1) is 9.37. The summed E-state index contributed by atoms with van der Waals surface area (Å²) in [4.78, 5) is 26.8. The number of rotatable bonds is 3. The molecule has 0 radical (unpaired) electrons. The Hall–Kier alpha value is -1.14. The van der Waals surface area contributed by atoms with Crippen LogP contribution in [0.3, 0.4) is 0 Å². The van der Waals surface area contributed by atoms with Crippen LogP contribution in [0.2, 0.25) is 0 Å². The summed E-state index contributed by atoms with van der Waals surface area (Å²) in [6, 6.07) is 0. The highest BCUT2D eigenvalue weighted by Gasteiger charge is 2.31. The predicted octanol–water partition coefficient (Wildman–Crippen LogP) is 0.156. The number of carbonyl (C=O) groups excluding carboxylic acids is 1. The lowest BCUT2D eigenvalue weighted by Gasteiger charge is -2.38. The van der Waals surface area contributed by atoms with Crippen LogP contribution in [0.1, 0.15) is 32.6 Å². The number of amides is 1. The molecule has 2 aliphatic rings. The maximum Gasteiger partial charge on any atom is 0.306 e. The Bertz CT molecular complexity index is 375. The SMILES string of the molecule is CC1(O)CCCN(CC(=O)N2CCC(C(=O)O)CC2)C1. The molecular formula is C14H24N2O4. The number of carboxylic acid groups (broad SMARTS) is 1. The van der Waals surface area contributed by atoms with Crippen molar-refractivity contribution >= 4 is 11.9 Å². The van der Waals surface area contributed by atoms with Crippen LogP contribution in [0.25, 0.3) is 0 Å². The fourth-order valence-corrected chi connectivity index (χ4v) is 3.13. The van der Waals surface area contributed by atoms with E-state index in [2.05, 4.69) is 0 Å². The number of β-amino-alcohol motifs (C(OH)–C–C–N with tert-alkyl or cyclic N) is 1. The van der Waals surface area contributed by atoms with E-state index in [9.17, 15) is 14.7 Å². The van der Waals surface area contributed by atoms with Crippen molar-refractivity contribution in [2.24, 2.45) is 5.92 Å². The average Bonchev–Trinajstić information content (AvgIpc) is 2.37. The van der Waals surface area contributed by atoms with Crippen LogP contribution in [-0.2, 0) is 9.59 Å². The zero-order valence-corrected chi connectivity index (χ0v) is 12.0. The van der Waals surface area contributed by atoms with Gasteiger partial charge in [-0.05, 0) is 39.2 Å². The summed E-state index contributed by atoms with van der Waals surface area (Å²) < 4.78 is 0. The van der Waals surface area contributed by atoms with E-state index in [1.807, 2.05) is 11.8 Å². The second-order valence-corrected chi connectivity index (χ2v) is 6.30. The fourth-order valence-electron chi connectivity index (χ4n) is 3.13. The molecule has 0 saturated carbocycles. The molecule has 0 aliphatic carbocycles. The van der Waals surface area contributed by atoms with Crippen molar-refractivity contribution in [2.75, 3.05) is 32.7 Å². The number of likely N-dealkylation sites (tertiary alicyclic amines) is 2. The Kier molecular flexibility index (Phi) is 4.65. The van der Waals surface area contributed by atoms with Gasteiger partial charge in [-0.3, -0.25) is 14.5 Å². The molecule has 1 unspecified atom stereocenters. The van der Waals surface area contributed by atoms with E-state index in [0.717, 1.165) is 19.4 Å². The van der Waals surface area contributed by atoms with Gasteiger partial charge in [-0.15, -0.1) is 0 Å². The van der Waals surface area contributed by atoms with Crippen molar-refractivity contribution in [3.8, 4) is 0 Å². The highest BCUT2D eigenvalue weighted by molar-refractivity contribution is 5.79. The lowest BCUT2D eigenvalue weighted by atomic mass is 9.95. The second-order valence-electron chi connectivity index (χ2n) is 6.30. The Morgan fingerprint density at radius 3 is 2.45 bits per heavy atom. The highest BCUT2D eigenvalue weighted by atomic mass is 16.4. The molecule has 2 rings (SSSR count). The molecule has 0 bridgehead atoms. The third kappa shape index (κ3) is 3.93. The van der Waals surface area contributed by atoms with Crippen molar-refractivity contribution in [3.05, 3.63) is 0 Å². The maximum absolute atomic E-state index is 12.2. The summed E-state index contributed by atoms with van der Waals surface area (Å²) in [5, 5.41) is 19.0. The van der Waals surface area contributed by atoms with Gasteiger partial charge in [0.1, 0.15) is 0 Å². The number of hydrogen-bond acceptors (Lipinski definition) is 4. The molecule has 2 heterocycles. The summed E-state index contributed by atoms with van der Waals surface area (Å²) >= 11 is 0. The van der Waals surface area contributed by atoms with Gasteiger partial charge in [0.05, 0.1) is 18.1 Å². The molecule has 1 atom stereocenters. The molecule has 2 saturated heterocycles. The van der Waals surface area contributed by atoms with Crippen LogP contribution in [0, 0.1) is 5.92 Å². The molecule has 6 nitrogen and oxygen atoms in total. The minimum atomic E-state index is -0.760. The van der Waals surface area contributed by atoms with E-state index >= 15 is 0 Å². The lowest BCUT2D eigenvalue weighted by Crippen LogP contribution is -2.51. The first-order valence-electron chi connectivity index (χ1n) is 7.33. The molecule has 6 heteroatoms. The molecule has 0 aromatic rings. The van der Waals surface area contributed by atoms with E-state index in [-0.39, 0.29) is 11.8 Å². The number of hydrogen-bond donors (Lipinski definition) is 2. The molecule has 114 valence electrons. The van der Waals surface area contributed by atoms with E-state index in [0.29, 0.717) is 39.0 Å². The lowest BCUT2D eigenvalue weighted by molar-refractivity contribution is -0.146. The Morgan fingerprint density at radius 1 is 1.25 bits per heavy atom. The highest BCUT2D eigenvalue weighted by Crippen LogP contribution is 2.21. The number of aliphatic carboxylic acids is 1. The average molecular weight is 284 g/mol. The zero-order valence-electron chi connectivity index (χ0n) is 12.0. The topological polar surface area (TPSA) is 81.1 Å². The summed E-state index contributed by atoms with van der Waals surface area (Å²) in [6.07, 6.45) is 2.76. The number of carboxylic acids is 1. The van der Waals surface area contributed by atoms with Crippen molar-refractivity contribution in [3.63, 3.8) is 0 Å². The molecule has 0 spiro atoms. The third-order valence-corrected chi connectivity index (χ3v) is 4.31. The molecule has 2 fully saturated rings. The van der Waals surface area contributed by atoms with E-state index < -0.39 is 11.6 Å². The number of carbonyl (C=O) groups is 2. The van der Waals surface area contributed by atoms with Crippen molar-refractivity contribution in [2.45, 2.75) is 38.2 Å². The number of aliphatic hydroxyl groups is 1. The number of nitrogens with zero attached hydrogens (tertiary/aromatic N) is 2. The quantitative estimate of drug-likeness (QED) is 0.771. The summed E-state index contributed by atoms with van der Waals surface area (Å²) in [5.74, 6) is -1.02. The fraction of sp³-hybridized carbons (Fsp3) is 0.857. The minimum Gasteiger partial charge on any atom is -0.481 e. The standard InChI is InChI=1S/C14H24N2O4/c1-14(20)5-2-6-15(10-14)9-12(17)16-7-3-11(4-8-16)13(18)19/h11,20H,2-10H2,1H3,(H,18,19). The molecule has 1 amide bonds. The molecule has 2 aliphatic heterocycles. The van der Waals surface area contributed by atoms with Crippen molar-refractivity contribution in [1.82, 2.24) is 9.80 Å². The largest absolute Gasteiger partial charge is 0.481 e. The Morgan fingerprint density at radius 2 is 1.90 bits per heavy atom. The first kappa shape index (κ1) is 15.3. The van der Waals surface area contributed by atoms with Crippen LogP contribution in [0.15, 0.2) is 0 Å². The second kappa shape index (κ2) is 6.10. The van der Waals surface area contributed by atoms with Crippen molar-refractivity contribution < 1.29 is 19.8 Å². The molecule has 20 heavy (non-hydrogen) atoms. The van der Waals surface area contributed by atoms with E-state index in [1.165, 1.54) is 0 Å². The van der Waals surface area contributed by atoms with Crippen LogP contribution >= 0.6 is 0 Å². The third-order valence-electron chi connectivity index (χ3n) is 4.31. The summed E-state index contributed by atoms with van der Waals surface area (Å²) in [7, 11) is 0. The van der Waals surface area contributed by atoms with Gasteiger partial charge in [0.2, 0.25) is 5.91 Å². The molecular weight excluding hydrogens is 260 g/mol. The smallest absolute Gasteiger partial charge is 0.306 e. The monoisotopic (exact) mass is 284 g/mol. The molecule has 0 aromatic heterocycles. The predicted molar refractivity (Wildman–Crippen MR) is 73.2 cm³/mol. The molecule has 2 N–H and O–H groups in total.